The molecular weight excluding hydrogens is 306 g/mol. The molecule has 3 rings (SSSR count). The molecule has 1 saturated heterocycles. The lowest BCUT2D eigenvalue weighted by Gasteiger charge is -2.37. The summed E-state index contributed by atoms with van der Waals surface area (Å²) < 4.78 is 11.7. The van der Waals surface area contributed by atoms with Gasteiger partial charge >= 0.3 is 0 Å². The number of carbonyl (C=O) groups is 1. The fourth-order valence-corrected chi connectivity index (χ4v) is 3.22. The van der Waals surface area contributed by atoms with Gasteiger partial charge in [-0.2, -0.15) is 0 Å². The average Bonchev–Trinajstić information content (AvgIpc) is 3.45. The zero-order valence-electron chi connectivity index (χ0n) is 14.1. The topological polar surface area (TPSA) is 58.8 Å². The standard InChI is InChI=1S/C19H25NO4/c1-2-23-19-15(9-6-12-21)16(14-7-4-3-5-8-14)13-17(24-19)18(22)20-10-11-20/h3-5,7-8,13,15-16,19,21H,2,6,9-12H2,1H3/t15-,16+,19+/m1/s1. The Morgan fingerprint density at radius 1 is 1.33 bits per heavy atom. The van der Waals surface area contributed by atoms with E-state index in [2.05, 4.69) is 12.1 Å². The third-order valence-corrected chi connectivity index (χ3v) is 4.54. The molecule has 3 atom stereocenters. The molecule has 130 valence electrons. The number of ether oxygens (including phenoxy) is 2. The van der Waals surface area contributed by atoms with E-state index in [-0.39, 0.29) is 24.3 Å². The van der Waals surface area contributed by atoms with Crippen LogP contribution in [0.25, 0.3) is 0 Å². The van der Waals surface area contributed by atoms with Crippen molar-refractivity contribution in [3.63, 3.8) is 0 Å². The second-order valence-corrected chi connectivity index (χ2v) is 6.23. The van der Waals surface area contributed by atoms with Crippen LogP contribution in [-0.4, -0.2) is 48.5 Å². The number of allylic oxidation sites excluding steroid dienone is 1. The van der Waals surface area contributed by atoms with Crippen LogP contribution in [0.2, 0.25) is 0 Å². The van der Waals surface area contributed by atoms with E-state index in [0.717, 1.165) is 25.1 Å². The van der Waals surface area contributed by atoms with Crippen LogP contribution in [0.4, 0.5) is 0 Å². The number of aliphatic hydroxyl groups is 1. The summed E-state index contributed by atoms with van der Waals surface area (Å²) in [5, 5.41) is 9.23. The van der Waals surface area contributed by atoms with Gasteiger partial charge in [-0.15, -0.1) is 0 Å². The van der Waals surface area contributed by atoms with E-state index in [0.29, 0.717) is 18.8 Å². The summed E-state index contributed by atoms with van der Waals surface area (Å²) in [7, 11) is 0. The van der Waals surface area contributed by atoms with E-state index in [1.807, 2.05) is 31.2 Å². The fourth-order valence-electron chi connectivity index (χ4n) is 3.22. The zero-order valence-corrected chi connectivity index (χ0v) is 14.1. The molecular formula is C19H25NO4. The molecule has 2 aliphatic heterocycles. The monoisotopic (exact) mass is 331 g/mol. The highest BCUT2D eigenvalue weighted by molar-refractivity contribution is 5.93. The molecule has 0 aliphatic carbocycles. The summed E-state index contributed by atoms with van der Waals surface area (Å²) in [6, 6.07) is 10.1. The van der Waals surface area contributed by atoms with E-state index < -0.39 is 6.29 Å². The number of rotatable bonds is 7. The third kappa shape index (κ3) is 3.79. The van der Waals surface area contributed by atoms with Crippen molar-refractivity contribution in [1.29, 1.82) is 0 Å². The minimum atomic E-state index is -0.462. The first-order chi connectivity index (χ1) is 11.7. The molecule has 0 unspecified atom stereocenters. The van der Waals surface area contributed by atoms with Gasteiger partial charge in [-0.1, -0.05) is 30.3 Å². The Kier molecular flexibility index (Phi) is 5.53. The Labute approximate surface area is 142 Å². The lowest BCUT2D eigenvalue weighted by atomic mass is 9.80. The SMILES string of the molecule is CCO[C@H]1OC(C(=O)N2CC2)=C[C@@H](c2ccccc2)[C@H]1CCCO. The normalized spacial score (nSPS) is 25.8. The number of nitrogens with zero attached hydrogens (tertiary/aromatic N) is 1. The summed E-state index contributed by atoms with van der Waals surface area (Å²) >= 11 is 0. The molecule has 1 aromatic carbocycles. The van der Waals surface area contributed by atoms with Crippen molar-refractivity contribution in [2.75, 3.05) is 26.3 Å². The minimum absolute atomic E-state index is 0.0435. The predicted molar refractivity (Wildman–Crippen MR) is 90.2 cm³/mol. The van der Waals surface area contributed by atoms with Gasteiger partial charge in [0.15, 0.2) is 5.76 Å². The average molecular weight is 331 g/mol. The van der Waals surface area contributed by atoms with Crippen LogP contribution in [0.1, 0.15) is 31.2 Å². The van der Waals surface area contributed by atoms with Crippen molar-refractivity contribution in [2.45, 2.75) is 32.0 Å². The molecule has 1 amide bonds. The van der Waals surface area contributed by atoms with Gasteiger partial charge in [0.1, 0.15) is 0 Å². The van der Waals surface area contributed by atoms with E-state index in [1.54, 1.807) is 4.90 Å². The first kappa shape index (κ1) is 17.0. The van der Waals surface area contributed by atoms with Crippen LogP contribution in [0.15, 0.2) is 42.2 Å². The molecule has 0 radical (unpaired) electrons. The van der Waals surface area contributed by atoms with Gasteiger partial charge in [-0.25, -0.2) is 0 Å². The molecule has 24 heavy (non-hydrogen) atoms. The summed E-state index contributed by atoms with van der Waals surface area (Å²) in [4.78, 5) is 14.2. The van der Waals surface area contributed by atoms with Crippen molar-refractivity contribution in [3.05, 3.63) is 47.7 Å². The molecule has 1 aromatic rings. The lowest BCUT2D eigenvalue weighted by molar-refractivity contribution is -0.168. The zero-order chi connectivity index (χ0) is 16.9. The van der Waals surface area contributed by atoms with Crippen molar-refractivity contribution < 1.29 is 19.4 Å². The Morgan fingerprint density at radius 3 is 2.71 bits per heavy atom. The molecule has 0 aromatic heterocycles. The van der Waals surface area contributed by atoms with Gasteiger partial charge in [-0.3, -0.25) is 4.79 Å². The smallest absolute Gasteiger partial charge is 0.288 e. The van der Waals surface area contributed by atoms with E-state index in [9.17, 15) is 9.90 Å². The fraction of sp³-hybridized carbons (Fsp3) is 0.526. The van der Waals surface area contributed by atoms with E-state index in [1.165, 1.54) is 0 Å². The summed E-state index contributed by atoms with van der Waals surface area (Å²) in [6.07, 6.45) is 2.94. The first-order valence-corrected chi connectivity index (χ1v) is 8.69. The minimum Gasteiger partial charge on any atom is -0.459 e. The van der Waals surface area contributed by atoms with E-state index in [4.69, 9.17) is 9.47 Å². The second-order valence-electron chi connectivity index (χ2n) is 6.23. The van der Waals surface area contributed by atoms with Crippen LogP contribution in [-0.2, 0) is 14.3 Å². The second kappa shape index (κ2) is 7.81. The van der Waals surface area contributed by atoms with Crippen LogP contribution >= 0.6 is 0 Å². The third-order valence-electron chi connectivity index (χ3n) is 4.54. The maximum atomic E-state index is 12.4. The Morgan fingerprint density at radius 2 is 2.08 bits per heavy atom. The van der Waals surface area contributed by atoms with Gasteiger partial charge < -0.3 is 19.5 Å². The van der Waals surface area contributed by atoms with Crippen molar-refractivity contribution in [2.24, 2.45) is 5.92 Å². The highest BCUT2D eigenvalue weighted by atomic mass is 16.7. The van der Waals surface area contributed by atoms with Crippen LogP contribution in [0.5, 0.6) is 0 Å². The van der Waals surface area contributed by atoms with Crippen molar-refractivity contribution >= 4 is 5.91 Å². The molecule has 0 spiro atoms. The number of carbonyl (C=O) groups excluding carboxylic acids is 1. The molecule has 0 bridgehead atoms. The molecule has 2 aliphatic rings. The van der Waals surface area contributed by atoms with Crippen LogP contribution < -0.4 is 0 Å². The predicted octanol–water partition coefficient (Wildman–Crippen LogP) is 2.28. The summed E-state index contributed by atoms with van der Waals surface area (Å²) in [5.41, 5.74) is 1.14. The number of hydrogen-bond donors (Lipinski definition) is 1. The van der Waals surface area contributed by atoms with Gasteiger partial charge in [0.25, 0.3) is 5.91 Å². The van der Waals surface area contributed by atoms with Crippen molar-refractivity contribution in [3.8, 4) is 0 Å². The van der Waals surface area contributed by atoms with Crippen LogP contribution in [0, 0.1) is 5.92 Å². The molecule has 5 nitrogen and oxygen atoms in total. The maximum absolute atomic E-state index is 12.4. The summed E-state index contributed by atoms with van der Waals surface area (Å²) in [5.74, 6) is 0.452. The quantitative estimate of drug-likeness (QED) is 0.779. The number of aliphatic hydroxyl groups excluding tert-OH is 1. The highest BCUT2D eigenvalue weighted by Gasteiger charge is 2.40. The largest absolute Gasteiger partial charge is 0.459 e. The number of hydrogen-bond acceptors (Lipinski definition) is 4. The van der Waals surface area contributed by atoms with Gasteiger partial charge in [0.2, 0.25) is 6.29 Å². The molecule has 1 N–H and O–H groups in total. The Balaban J connectivity index is 1.92. The number of amides is 1. The molecule has 0 saturated carbocycles. The Bertz CT molecular complexity index is 582. The molecule has 2 heterocycles. The summed E-state index contributed by atoms with van der Waals surface area (Å²) in [6.45, 7) is 4.17. The maximum Gasteiger partial charge on any atom is 0.288 e. The van der Waals surface area contributed by atoms with Gasteiger partial charge in [-0.05, 0) is 31.4 Å². The van der Waals surface area contributed by atoms with E-state index >= 15 is 0 Å². The van der Waals surface area contributed by atoms with Gasteiger partial charge in [0, 0.05) is 38.1 Å². The first-order valence-electron chi connectivity index (χ1n) is 8.69. The molecule has 5 heteroatoms. The number of benzene rings is 1. The van der Waals surface area contributed by atoms with Crippen molar-refractivity contribution in [1.82, 2.24) is 4.90 Å². The van der Waals surface area contributed by atoms with Crippen LogP contribution in [0.3, 0.4) is 0 Å². The van der Waals surface area contributed by atoms with Gasteiger partial charge in [0.05, 0.1) is 0 Å². The Hall–Kier alpha value is -1.85. The lowest BCUT2D eigenvalue weighted by Crippen LogP contribution is -2.37. The molecule has 1 fully saturated rings. The highest BCUT2D eigenvalue weighted by Crippen LogP contribution is 2.39.